The zero-order valence-corrected chi connectivity index (χ0v) is 50.8. The number of ether oxygens (including phenoxy) is 6. The minimum atomic E-state index is -3.64. The maximum absolute atomic E-state index is 12.2. The van der Waals surface area contributed by atoms with E-state index >= 15 is 0 Å². The molecule has 0 heterocycles. The summed E-state index contributed by atoms with van der Waals surface area (Å²) in [6, 6.07) is 0. The van der Waals surface area contributed by atoms with Crippen LogP contribution in [0.4, 0.5) is 0 Å². The van der Waals surface area contributed by atoms with Crippen LogP contribution in [0.15, 0.2) is 0 Å². The van der Waals surface area contributed by atoms with Crippen LogP contribution in [0.25, 0.3) is 0 Å². The maximum Gasteiger partial charge on any atom is 0.335 e. The number of aliphatic hydroxyl groups is 1. The van der Waals surface area contributed by atoms with Crippen molar-refractivity contribution in [3.05, 3.63) is 0 Å². The van der Waals surface area contributed by atoms with Gasteiger partial charge in [0.25, 0.3) is 0 Å². The molecule has 0 radical (unpaired) electrons. The molecule has 0 aromatic heterocycles. The second kappa shape index (κ2) is 48.2. The van der Waals surface area contributed by atoms with E-state index in [-0.39, 0.29) is 51.5 Å². The van der Waals surface area contributed by atoms with Crippen molar-refractivity contribution in [2.75, 3.05) is 84.8 Å². The standard InChI is InChI=1S/C15H29O7P.C13H25O7P.C7H14O3.C6H11BrO2.2CH5O3P/c1-6-8-10-19-14(16)12(3)21-23(5,18)22-13(4)15(17)20-11-9-7-2;1-6-17-12(14)10(3)8-19-21(5,16)20-9-11(4)13(15)18-7-2;1-3-4-5-10-7(9)6(2)8;1-3-9-6(8)5(2)4-7;2*1-5(2,3)4/h12-13H,6-11H2,1-5H3;10-11H,6-9H2,1-5H3;6,8H,3-5H2,1-2H3;5H,3-4H2,1-2H3;2*1H3,(H2,2,3,4). The van der Waals surface area contributed by atoms with E-state index < -0.39 is 90.4 Å². The Morgan fingerprint density at radius 2 is 0.699 bits per heavy atom. The van der Waals surface area contributed by atoms with Gasteiger partial charge in [-0.05, 0) is 74.7 Å². The van der Waals surface area contributed by atoms with E-state index in [4.69, 9.17) is 66.5 Å². The minimum Gasteiger partial charge on any atom is -0.466 e. The molecule has 0 fully saturated rings. The zero-order valence-electron chi connectivity index (χ0n) is 45.6. The molecule has 0 aromatic carbocycles. The lowest BCUT2D eigenvalue weighted by Crippen LogP contribution is -2.26. The summed E-state index contributed by atoms with van der Waals surface area (Å²) in [5.41, 5.74) is 0. The van der Waals surface area contributed by atoms with Crippen LogP contribution < -0.4 is 0 Å². The molecule has 73 heavy (non-hydrogen) atoms. The van der Waals surface area contributed by atoms with Gasteiger partial charge in [0.1, 0.15) is 6.10 Å². The highest BCUT2D eigenvalue weighted by atomic mass is 79.9. The molecule has 0 amide bonds. The predicted octanol–water partition coefficient (Wildman–Crippen LogP) is 7.43. The van der Waals surface area contributed by atoms with Gasteiger partial charge in [-0.1, -0.05) is 62.9 Å². The first-order valence-corrected chi connectivity index (χ1v) is 32.7. The molecular weight excluding hydrogens is 1120 g/mol. The Kier molecular flexibility index (Phi) is 54.3. The number of halogens is 1. The van der Waals surface area contributed by atoms with Gasteiger partial charge < -0.3 is 62.1 Å². The van der Waals surface area contributed by atoms with E-state index in [1.165, 1.54) is 34.1 Å². The molecule has 0 aliphatic rings. The van der Waals surface area contributed by atoms with Gasteiger partial charge in [0.15, 0.2) is 12.2 Å². The second-order valence-electron chi connectivity index (χ2n) is 15.7. The molecule has 6 unspecified atom stereocenters. The van der Waals surface area contributed by atoms with E-state index in [1.807, 2.05) is 27.7 Å². The fraction of sp³-hybridized carbons (Fsp3) is 0.860. The minimum absolute atomic E-state index is 0.0232. The number of rotatable bonds is 29. The van der Waals surface area contributed by atoms with Crippen molar-refractivity contribution in [3.8, 4) is 0 Å². The topological polar surface area (TPSA) is 364 Å². The van der Waals surface area contributed by atoms with E-state index in [0.717, 1.165) is 51.9 Å². The highest BCUT2D eigenvalue weighted by Crippen LogP contribution is 2.47. The van der Waals surface area contributed by atoms with Crippen LogP contribution in [0.5, 0.6) is 0 Å². The van der Waals surface area contributed by atoms with Gasteiger partial charge in [0.05, 0.1) is 70.6 Å². The van der Waals surface area contributed by atoms with Crippen molar-refractivity contribution in [2.45, 2.75) is 140 Å². The third-order valence-electron chi connectivity index (χ3n) is 7.35. The number of hydrogen-bond acceptors (Lipinski definition) is 21. The fourth-order valence-electron chi connectivity index (χ4n) is 3.58. The largest absolute Gasteiger partial charge is 0.466 e. The quantitative estimate of drug-likeness (QED) is 0.0160. The molecule has 0 rings (SSSR count). The Labute approximate surface area is 441 Å². The molecule has 0 spiro atoms. The number of carbonyl (C=O) groups is 6. The van der Waals surface area contributed by atoms with Gasteiger partial charge in [-0.25, -0.2) is 14.4 Å². The average molecular weight is 1210 g/mol. The van der Waals surface area contributed by atoms with Gasteiger partial charge in [-0.3, -0.25) is 41.7 Å². The van der Waals surface area contributed by atoms with Gasteiger partial charge in [-0.2, -0.15) is 0 Å². The smallest absolute Gasteiger partial charge is 0.335 e. The van der Waals surface area contributed by atoms with Crippen molar-refractivity contribution in [2.24, 2.45) is 17.8 Å². The Balaban J connectivity index is -0.000000203. The van der Waals surface area contributed by atoms with Gasteiger partial charge in [0.2, 0.25) is 0 Å². The van der Waals surface area contributed by atoms with Gasteiger partial charge >= 0.3 is 66.2 Å². The Bertz CT molecular complexity index is 1570. The maximum atomic E-state index is 12.2. The van der Waals surface area contributed by atoms with Crippen LogP contribution in [-0.4, -0.2) is 164 Å². The summed E-state index contributed by atoms with van der Waals surface area (Å²) < 4.78 is 92.4. The molecular formula is C43H89BrO25P4. The summed E-state index contributed by atoms with van der Waals surface area (Å²) in [4.78, 5) is 97.9. The molecule has 25 nitrogen and oxygen atoms in total. The molecule has 30 heteroatoms. The lowest BCUT2D eigenvalue weighted by atomic mass is 10.2. The van der Waals surface area contributed by atoms with Crippen LogP contribution >= 0.6 is 46.3 Å². The Morgan fingerprint density at radius 3 is 0.932 bits per heavy atom. The molecule has 0 saturated heterocycles. The Hall–Kier alpha value is -2.14. The molecule has 0 aliphatic heterocycles. The number of unbranched alkanes of at least 4 members (excludes halogenated alkanes) is 3. The van der Waals surface area contributed by atoms with Crippen molar-refractivity contribution in [1.29, 1.82) is 0 Å². The number of hydrogen-bond donors (Lipinski definition) is 5. The first kappa shape index (κ1) is 82.2. The summed E-state index contributed by atoms with van der Waals surface area (Å²) in [5.74, 6) is -3.82. The van der Waals surface area contributed by atoms with E-state index in [1.54, 1.807) is 34.6 Å². The second-order valence-corrected chi connectivity index (χ2v) is 23.7. The van der Waals surface area contributed by atoms with Crippen LogP contribution in [0.1, 0.15) is 122 Å². The molecule has 6 atom stereocenters. The van der Waals surface area contributed by atoms with Gasteiger partial charge in [-0.15, -0.1) is 0 Å². The lowest BCUT2D eigenvalue weighted by molar-refractivity contribution is -0.154. The van der Waals surface area contributed by atoms with Gasteiger partial charge in [0, 0.05) is 32.0 Å². The predicted molar refractivity (Wildman–Crippen MR) is 276 cm³/mol. The average Bonchev–Trinajstić information content (AvgIpc) is 3.26. The van der Waals surface area contributed by atoms with Crippen molar-refractivity contribution in [3.63, 3.8) is 0 Å². The third kappa shape index (κ3) is 65.9. The van der Waals surface area contributed by atoms with Crippen LogP contribution in [-0.2, 0) is 93.5 Å². The molecule has 0 saturated carbocycles. The van der Waals surface area contributed by atoms with Crippen LogP contribution in [0, 0.1) is 17.8 Å². The monoisotopic (exact) mass is 1210 g/mol. The summed E-state index contributed by atoms with van der Waals surface area (Å²) in [7, 11) is -14.2. The molecule has 0 aromatic rings. The third-order valence-corrected chi connectivity index (χ3v) is 11.0. The SMILES string of the molecule is CCCCOC(=O)C(C)O.CCCCOC(=O)C(C)OP(C)(=O)OC(C)C(=O)OCCCC.CCOC(=O)C(C)CBr.CCOC(=O)C(C)COP(C)(=O)OCC(C)C(=O)OCC.CP(=O)(O)O.CP(=O)(O)O. The van der Waals surface area contributed by atoms with Crippen LogP contribution in [0.2, 0.25) is 0 Å². The van der Waals surface area contributed by atoms with Crippen LogP contribution in [0.3, 0.4) is 0 Å². The molecule has 0 aliphatic carbocycles. The fourth-order valence-corrected chi connectivity index (χ4v) is 6.27. The molecule has 5 N–H and O–H groups in total. The van der Waals surface area contributed by atoms with E-state index in [2.05, 4.69) is 20.7 Å². The lowest BCUT2D eigenvalue weighted by Gasteiger charge is -2.21. The molecule has 438 valence electrons. The highest BCUT2D eigenvalue weighted by molar-refractivity contribution is 9.09. The van der Waals surface area contributed by atoms with Crippen molar-refractivity contribution >= 4 is 82.1 Å². The summed E-state index contributed by atoms with van der Waals surface area (Å²) in [6.07, 6.45) is 2.09. The number of alkyl halides is 1. The number of esters is 6. The molecule has 0 bridgehead atoms. The van der Waals surface area contributed by atoms with Crippen molar-refractivity contribution < 1.29 is 118 Å². The highest BCUT2D eigenvalue weighted by Gasteiger charge is 2.31. The van der Waals surface area contributed by atoms with Crippen molar-refractivity contribution in [1.82, 2.24) is 0 Å². The normalized spacial score (nSPS) is 14.8. The Morgan fingerprint density at radius 1 is 0.438 bits per heavy atom. The number of carbonyl (C=O) groups excluding carboxylic acids is 6. The van der Waals surface area contributed by atoms with E-state index in [9.17, 15) is 47.0 Å². The zero-order chi connectivity index (χ0) is 58.6. The number of aliphatic hydroxyl groups excluding tert-OH is 1. The summed E-state index contributed by atoms with van der Waals surface area (Å²) in [6.45, 7) is 26.6. The summed E-state index contributed by atoms with van der Waals surface area (Å²) >= 11 is 3.18. The summed E-state index contributed by atoms with van der Waals surface area (Å²) in [5, 5.41) is 9.32. The van der Waals surface area contributed by atoms with E-state index in [0.29, 0.717) is 18.5 Å². The first-order valence-electron chi connectivity index (χ1n) is 23.5. The first-order chi connectivity index (χ1) is 33.4.